The number of amides is 2. The zero-order valence-corrected chi connectivity index (χ0v) is 23.3. The predicted molar refractivity (Wildman–Crippen MR) is 142 cm³/mol. The zero-order valence-electron chi connectivity index (χ0n) is 21.7. The number of hydrogen-bond donors (Lipinski definition) is 1. The van der Waals surface area contributed by atoms with E-state index in [1.807, 2.05) is 37.3 Å². The molecule has 1 aromatic carbocycles. The summed E-state index contributed by atoms with van der Waals surface area (Å²) in [5.74, 6) is -2.81. The summed E-state index contributed by atoms with van der Waals surface area (Å²) < 4.78 is 11.9. The van der Waals surface area contributed by atoms with E-state index in [1.165, 1.54) is 4.90 Å². The van der Waals surface area contributed by atoms with Gasteiger partial charge in [-0.25, -0.2) is 0 Å². The highest BCUT2D eigenvalue weighted by molar-refractivity contribution is 9.09. The van der Waals surface area contributed by atoms with Gasteiger partial charge >= 0.3 is 5.97 Å². The van der Waals surface area contributed by atoms with Gasteiger partial charge in [-0.2, -0.15) is 0 Å². The number of halogens is 1. The van der Waals surface area contributed by atoms with Gasteiger partial charge in [0.15, 0.2) is 0 Å². The molecule has 9 heteroatoms. The molecule has 0 aromatic heterocycles. The smallest absolute Gasteiger partial charge is 0.312 e. The van der Waals surface area contributed by atoms with E-state index in [2.05, 4.69) is 29.4 Å². The molecule has 2 bridgehead atoms. The molecule has 3 heterocycles. The molecule has 2 amide bonds. The molecular weight excluding hydrogens is 540 g/mol. The van der Waals surface area contributed by atoms with E-state index in [1.54, 1.807) is 17.9 Å². The first-order valence-electron chi connectivity index (χ1n) is 13.1. The molecule has 202 valence electrons. The highest BCUT2D eigenvalue weighted by Gasteiger charge is 2.77. The van der Waals surface area contributed by atoms with Crippen LogP contribution < -0.4 is 0 Å². The lowest BCUT2D eigenvalue weighted by Gasteiger charge is -2.41. The molecule has 0 saturated carbocycles. The number of aliphatic hydroxyl groups is 1. The standard InChI is InChI=1S/C28H37BrN2O6/c1-5-11-17(4)30(14-6-2)26(34)24-28-15-19(29)23(37-28)21(27(35)36-7-3)22(28)25(33)31(24)20(16-32)18-12-9-8-10-13-18/h6,8-10,12-13,17,19-24,32H,2,5,7,11,14-16H2,1,3-4H3/t17?,19?,20-,21-,22+,23-,24-,28+/m1/s1. The Kier molecular flexibility index (Phi) is 8.45. The largest absolute Gasteiger partial charge is 0.466 e. The van der Waals surface area contributed by atoms with Gasteiger partial charge in [-0.1, -0.05) is 65.7 Å². The maximum absolute atomic E-state index is 14.5. The number of aliphatic hydroxyl groups excluding tert-OH is 1. The molecule has 3 aliphatic heterocycles. The number of likely N-dealkylation sites (tertiary alicyclic amines) is 1. The summed E-state index contributed by atoms with van der Waals surface area (Å²) in [4.78, 5) is 44.9. The van der Waals surface area contributed by atoms with E-state index in [0.29, 0.717) is 18.5 Å². The number of esters is 1. The van der Waals surface area contributed by atoms with Crippen LogP contribution in [-0.4, -0.2) is 81.1 Å². The fourth-order valence-electron chi connectivity index (χ4n) is 6.58. The second-order valence-corrected chi connectivity index (χ2v) is 11.4. The lowest BCUT2D eigenvalue weighted by molar-refractivity contribution is -0.156. The Bertz CT molecular complexity index is 1020. The molecule has 0 aliphatic carbocycles. The number of carbonyl (C=O) groups is 3. The predicted octanol–water partition coefficient (Wildman–Crippen LogP) is 3.23. The minimum Gasteiger partial charge on any atom is -0.466 e. The van der Waals surface area contributed by atoms with Crippen molar-refractivity contribution in [1.29, 1.82) is 0 Å². The highest BCUT2D eigenvalue weighted by atomic mass is 79.9. The third-order valence-corrected chi connectivity index (χ3v) is 8.90. The van der Waals surface area contributed by atoms with Crippen molar-refractivity contribution >= 4 is 33.7 Å². The first kappa shape index (κ1) is 27.8. The van der Waals surface area contributed by atoms with Crippen molar-refractivity contribution in [3.63, 3.8) is 0 Å². The molecular formula is C28H37BrN2O6. The van der Waals surface area contributed by atoms with Crippen molar-refractivity contribution in [2.24, 2.45) is 11.8 Å². The molecule has 4 rings (SSSR count). The monoisotopic (exact) mass is 576 g/mol. The second-order valence-electron chi connectivity index (χ2n) is 10.2. The van der Waals surface area contributed by atoms with Crippen molar-refractivity contribution in [1.82, 2.24) is 9.80 Å². The molecule has 37 heavy (non-hydrogen) atoms. The van der Waals surface area contributed by atoms with Crippen molar-refractivity contribution < 1.29 is 29.0 Å². The first-order chi connectivity index (χ1) is 17.8. The summed E-state index contributed by atoms with van der Waals surface area (Å²) in [7, 11) is 0. The summed E-state index contributed by atoms with van der Waals surface area (Å²) >= 11 is 3.67. The van der Waals surface area contributed by atoms with E-state index in [4.69, 9.17) is 9.47 Å². The van der Waals surface area contributed by atoms with Gasteiger partial charge in [-0.3, -0.25) is 14.4 Å². The van der Waals surface area contributed by atoms with Crippen LogP contribution in [0.2, 0.25) is 0 Å². The van der Waals surface area contributed by atoms with Gasteiger partial charge in [0.05, 0.1) is 37.2 Å². The average molecular weight is 578 g/mol. The number of fused-ring (bicyclic) bond motifs is 1. The maximum atomic E-state index is 14.5. The molecule has 8 nitrogen and oxygen atoms in total. The molecule has 3 saturated heterocycles. The Morgan fingerprint density at radius 1 is 1.35 bits per heavy atom. The number of carbonyl (C=O) groups excluding carboxylic acids is 3. The lowest BCUT2D eigenvalue weighted by atomic mass is 9.70. The van der Waals surface area contributed by atoms with Gasteiger partial charge in [0.1, 0.15) is 11.6 Å². The summed E-state index contributed by atoms with van der Waals surface area (Å²) in [5, 5.41) is 10.6. The Hall–Kier alpha value is -2.23. The lowest BCUT2D eigenvalue weighted by Crippen LogP contribution is -2.58. The normalized spacial score (nSPS) is 31.6. The topological polar surface area (TPSA) is 96.4 Å². The minimum absolute atomic E-state index is 0.0913. The summed E-state index contributed by atoms with van der Waals surface area (Å²) in [6, 6.07) is 7.31. The van der Waals surface area contributed by atoms with Crippen molar-refractivity contribution in [3.8, 4) is 0 Å². The third-order valence-electron chi connectivity index (χ3n) is 8.06. The number of nitrogens with zero attached hydrogens (tertiary/aromatic N) is 2. The average Bonchev–Trinajstić information content (AvgIpc) is 3.47. The van der Waals surface area contributed by atoms with Crippen molar-refractivity contribution in [2.45, 2.75) is 74.7 Å². The van der Waals surface area contributed by atoms with Crippen LogP contribution >= 0.6 is 15.9 Å². The van der Waals surface area contributed by atoms with Crippen molar-refractivity contribution in [2.75, 3.05) is 19.8 Å². The van der Waals surface area contributed by atoms with Gasteiger partial charge < -0.3 is 24.4 Å². The second kappa shape index (κ2) is 11.3. The van der Waals surface area contributed by atoms with E-state index < -0.39 is 41.6 Å². The van der Waals surface area contributed by atoms with Gasteiger partial charge in [-0.15, -0.1) is 6.58 Å². The summed E-state index contributed by atoms with van der Waals surface area (Å²) in [6.07, 6.45) is 3.18. The van der Waals surface area contributed by atoms with E-state index in [9.17, 15) is 19.5 Å². The van der Waals surface area contributed by atoms with Gasteiger partial charge in [-0.05, 0) is 32.3 Å². The van der Waals surface area contributed by atoms with Crippen LogP contribution in [0.3, 0.4) is 0 Å². The SMILES string of the molecule is C=CCN(C(=O)[C@H]1N([C@H](CO)c2ccccc2)C(=O)[C@@H]2[C@@H](C(=O)OCC)[C@@H]3O[C@@]21CC3Br)C(C)CCC. The number of benzene rings is 1. The molecule has 3 fully saturated rings. The quantitative estimate of drug-likeness (QED) is 0.247. The van der Waals surface area contributed by atoms with Crippen LogP contribution in [0, 0.1) is 11.8 Å². The Labute approximate surface area is 227 Å². The third kappa shape index (κ3) is 4.53. The van der Waals surface area contributed by atoms with Crippen molar-refractivity contribution in [3.05, 3.63) is 48.6 Å². The molecule has 8 atom stereocenters. The number of ether oxygens (including phenoxy) is 2. The molecule has 1 aromatic rings. The zero-order chi connectivity index (χ0) is 26.9. The van der Waals surface area contributed by atoms with Crippen LogP contribution in [0.1, 0.15) is 51.6 Å². The molecule has 1 spiro atoms. The molecule has 1 N–H and O–H groups in total. The summed E-state index contributed by atoms with van der Waals surface area (Å²) in [5.41, 5.74) is -0.500. The van der Waals surface area contributed by atoms with Crippen LogP contribution in [0.4, 0.5) is 0 Å². The molecule has 3 aliphatic rings. The van der Waals surface area contributed by atoms with E-state index >= 15 is 0 Å². The maximum Gasteiger partial charge on any atom is 0.312 e. The first-order valence-corrected chi connectivity index (χ1v) is 14.1. The van der Waals surface area contributed by atoms with E-state index in [-0.39, 0.29) is 35.9 Å². The van der Waals surface area contributed by atoms with Crippen LogP contribution in [0.25, 0.3) is 0 Å². The highest BCUT2D eigenvalue weighted by Crippen LogP contribution is 2.61. The van der Waals surface area contributed by atoms with Crippen LogP contribution in [0.5, 0.6) is 0 Å². The molecule has 2 unspecified atom stereocenters. The van der Waals surface area contributed by atoms with E-state index in [0.717, 1.165) is 12.8 Å². The van der Waals surface area contributed by atoms with Gasteiger partial charge in [0.2, 0.25) is 11.8 Å². The number of hydrogen-bond acceptors (Lipinski definition) is 6. The Balaban J connectivity index is 1.86. The summed E-state index contributed by atoms with van der Waals surface area (Å²) in [6.45, 7) is 9.75. The van der Waals surface area contributed by atoms with Crippen LogP contribution in [0.15, 0.2) is 43.0 Å². The number of alkyl halides is 1. The Morgan fingerprint density at radius 3 is 2.65 bits per heavy atom. The van der Waals surface area contributed by atoms with Gasteiger partial charge in [0.25, 0.3) is 0 Å². The van der Waals surface area contributed by atoms with Crippen LogP contribution in [-0.2, 0) is 23.9 Å². The van der Waals surface area contributed by atoms with Gasteiger partial charge in [0, 0.05) is 17.4 Å². The fourth-order valence-corrected chi connectivity index (χ4v) is 7.52. The minimum atomic E-state index is -1.21. The Morgan fingerprint density at radius 2 is 2.05 bits per heavy atom. The fraction of sp³-hybridized carbons (Fsp3) is 0.607. The number of rotatable bonds is 11. The molecule has 0 radical (unpaired) electrons.